The fourth-order valence-electron chi connectivity index (χ4n) is 4.12. The van der Waals surface area contributed by atoms with Crippen LogP contribution in [0, 0.1) is 0 Å². The van der Waals surface area contributed by atoms with Crippen LogP contribution in [0.4, 0.5) is 0 Å². The molecule has 2 unspecified atom stereocenters. The summed E-state index contributed by atoms with van der Waals surface area (Å²) in [5, 5.41) is 0. The second kappa shape index (κ2) is 6.26. The maximum Gasteiger partial charge on any atom is 0.0951 e. The molecule has 0 aromatic heterocycles. The van der Waals surface area contributed by atoms with Crippen LogP contribution in [0.1, 0.15) is 44.9 Å². The van der Waals surface area contributed by atoms with Gasteiger partial charge in [-0.25, -0.2) is 0 Å². The van der Waals surface area contributed by atoms with Crippen molar-refractivity contribution >= 4 is 17.2 Å². The molecular formula is C15H26N2O2S. The molecule has 5 heteroatoms. The Morgan fingerprint density at radius 2 is 2.00 bits per heavy atom. The van der Waals surface area contributed by atoms with Crippen molar-refractivity contribution in [3.63, 3.8) is 0 Å². The third kappa shape index (κ3) is 3.16. The van der Waals surface area contributed by atoms with Crippen molar-refractivity contribution in [1.29, 1.82) is 0 Å². The zero-order valence-corrected chi connectivity index (χ0v) is 13.0. The molecule has 1 spiro atoms. The number of hydrogen-bond acceptors (Lipinski definition) is 4. The van der Waals surface area contributed by atoms with Gasteiger partial charge in [0.15, 0.2) is 0 Å². The highest BCUT2D eigenvalue weighted by atomic mass is 32.1. The molecule has 1 saturated carbocycles. The van der Waals surface area contributed by atoms with Crippen molar-refractivity contribution in [3.05, 3.63) is 0 Å². The van der Waals surface area contributed by atoms with Crippen molar-refractivity contribution in [2.45, 2.75) is 62.6 Å². The lowest BCUT2D eigenvalue weighted by atomic mass is 9.88. The normalized spacial score (nSPS) is 35.1. The van der Waals surface area contributed by atoms with Crippen molar-refractivity contribution in [2.24, 2.45) is 5.73 Å². The van der Waals surface area contributed by atoms with Crippen molar-refractivity contribution in [2.75, 3.05) is 26.4 Å². The molecule has 2 heterocycles. The number of thiocarbonyl (C=S) groups is 1. The third-order valence-corrected chi connectivity index (χ3v) is 5.26. The van der Waals surface area contributed by atoms with Crippen LogP contribution in [-0.2, 0) is 9.47 Å². The van der Waals surface area contributed by atoms with Gasteiger partial charge in [0.2, 0.25) is 0 Å². The highest BCUT2D eigenvalue weighted by molar-refractivity contribution is 7.80. The van der Waals surface area contributed by atoms with Crippen LogP contribution in [0.25, 0.3) is 0 Å². The molecule has 2 aliphatic heterocycles. The molecule has 1 aliphatic carbocycles. The van der Waals surface area contributed by atoms with E-state index in [4.69, 9.17) is 27.4 Å². The van der Waals surface area contributed by atoms with Crippen LogP contribution in [0.5, 0.6) is 0 Å². The van der Waals surface area contributed by atoms with E-state index in [9.17, 15) is 0 Å². The standard InChI is InChI=1S/C15H26N2O2S/c16-14(20)10-17(12-3-1-2-4-12)13-5-7-19-15(9-13)6-8-18-11-15/h12-13H,1-11H2,(H2,16,20). The fraction of sp³-hybridized carbons (Fsp3) is 0.933. The Labute approximate surface area is 127 Å². The van der Waals surface area contributed by atoms with Gasteiger partial charge in [0, 0.05) is 38.3 Å². The van der Waals surface area contributed by atoms with Crippen LogP contribution >= 0.6 is 12.2 Å². The third-order valence-electron chi connectivity index (χ3n) is 5.14. The van der Waals surface area contributed by atoms with E-state index in [0.717, 1.165) is 45.6 Å². The van der Waals surface area contributed by atoms with Crippen LogP contribution in [-0.4, -0.2) is 53.9 Å². The summed E-state index contributed by atoms with van der Waals surface area (Å²) in [7, 11) is 0. The van der Waals surface area contributed by atoms with Gasteiger partial charge in [0.05, 0.1) is 17.2 Å². The minimum Gasteiger partial charge on any atom is -0.392 e. The molecular weight excluding hydrogens is 272 g/mol. The molecule has 2 saturated heterocycles. The van der Waals surface area contributed by atoms with Gasteiger partial charge in [-0.15, -0.1) is 0 Å². The zero-order valence-electron chi connectivity index (χ0n) is 12.2. The Kier molecular flexibility index (Phi) is 4.60. The smallest absolute Gasteiger partial charge is 0.0951 e. The molecule has 0 radical (unpaired) electrons. The second-order valence-electron chi connectivity index (χ2n) is 6.56. The van der Waals surface area contributed by atoms with E-state index in [2.05, 4.69) is 4.90 Å². The number of ether oxygens (including phenoxy) is 2. The first-order valence-corrected chi connectivity index (χ1v) is 8.35. The molecule has 3 fully saturated rings. The monoisotopic (exact) mass is 298 g/mol. The first kappa shape index (κ1) is 14.7. The molecule has 20 heavy (non-hydrogen) atoms. The Morgan fingerprint density at radius 1 is 1.20 bits per heavy atom. The molecule has 0 aromatic carbocycles. The second-order valence-corrected chi connectivity index (χ2v) is 7.08. The van der Waals surface area contributed by atoms with E-state index in [1.54, 1.807) is 0 Å². The van der Waals surface area contributed by atoms with Crippen LogP contribution in [0.3, 0.4) is 0 Å². The summed E-state index contributed by atoms with van der Waals surface area (Å²) in [6.45, 7) is 3.21. The van der Waals surface area contributed by atoms with E-state index in [0.29, 0.717) is 17.1 Å². The highest BCUT2D eigenvalue weighted by Crippen LogP contribution is 2.37. The Bertz CT molecular complexity index is 352. The molecule has 4 nitrogen and oxygen atoms in total. The maximum absolute atomic E-state index is 6.06. The highest BCUT2D eigenvalue weighted by Gasteiger charge is 2.43. The zero-order chi connectivity index (χ0) is 14.0. The molecule has 2 N–H and O–H groups in total. The lowest BCUT2D eigenvalue weighted by Crippen LogP contribution is -2.53. The number of hydrogen-bond donors (Lipinski definition) is 1. The van der Waals surface area contributed by atoms with E-state index in [-0.39, 0.29) is 5.60 Å². The molecule has 114 valence electrons. The van der Waals surface area contributed by atoms with E-state index >= 15 is 0 Å². The predicted octanol–water partition coefficient (Wildman–Crippen LogP) is 1.86. The minimum absolute atomic E-state index is 0.0318. The van der Waals surface area contributed by atoms with Gasteiger partial charge in [-0.3, -0.25) is 4.90 Å². The fourth-order valence-corrected chi connectivity index (χ4v) is 4.27. The van der Waals surface area contributed by atoms with E-state index < -0.39 is 0 Å². The largest absolute Gasteiger partial charge is 0.392 e. The summed E-state index contributed by atoms with van der Waals surface area (Å²) < 4.78 is 11.6. The number of rotatable bonds is 4. The first-order chi connectivity index (χ1) is 9.69. The van der Waals surface area contributed by atoms with E-state index in [1.165, 1.54) is 25.7 Å². The number of nitrogens with zero attached hydrogens (tertiary/aromatic N) is 1. The minimum atomic E-state index is -0.0318. The molecule has 3 rings (SSSR count). The summed E-state index contributed by atoms with van der Waals surface area (Å²) in [5.74, 6) is 0. The van der Waals surface area contributed by atoms with Gasteiger partial charge in [-0.05, 0) is 25.7 Å². The molecule has 2 atom stereocenters. The predicted molar refractivity (Wildman–Crippen MR) is 82.9 cm³/mol. The average molecular weight is 298 g/mol. The van der Waals surface area contributed by atoms with Crippen molar-refractivity contribution < 1.29 is 9.47 Å². The quantitative estimate of drug-likeness (QED) is 0.803. The SMILES string of the molecule is NC(=S)CN(C1CCCC1)C1CCOC2(CCOC2)C1. The van der Waals surface area contributed by atoms with Crippen LogP contribution in [0.2, 0.25) is 0 Å². The van der Waals surface area contributed by atoms with Gasteiger partial charge in [-0.1, -0.05) is 25.1 Å². The van der Waals surface area contributed by atoms with Gasteiger partial charge in [0.25, 0.3) is 0 Å². The van der Waals surface area contributed by atoms with Gasteiger partial charge >= 0.3 is 0 Å². The number of nitrogens with two attached hydrogens (primary N) is 1. The lowest BCUT2D eigenvalue weighted by Gasteiger charge is -2.44. The van der Waals surface area contributed by atoms with Gasteiger partial charge < -0.3 is 15.2 Å². The van der Waals surface area contributed by atoms with Crippen LogP contribution in [0.15, 0.2) is 0 Å². The summed E-state index contributed by atoms with van der Waals surface area (Å²) >= 11 is 5.18. The topological polar surface area (TPSA) is 47.7 Å². The first-order valence-electron chi connectivity index (χ1n) is 7.94. The van der Waals surface area contributed by atoms with Crippen molar-refractivity contribution in [3.8, 4) is 0 Å². The Morgan fingerprint density at radius 3 is 2.65 bits per heavy atom. The molecule has 3 aliphatic rings. The summed E-state index contributed by atoms with van der Waals surface area (Å²) in [4.78, 5) is 3.21. The van der Waals surface area contributed by atoms with Gasteiger partial charge in [-0.2, -0.15) is 0 Å². The van der Waals surface area contributed by atoms with E-state index in [1.807, 2.05) is 0 Å². The van der Waals surface area contributed by atoms with Gasteiger partial charge in [0.1, 0.15) is 0 Å². The lowest BCUT2D eigenvalue weighted by molar-refractivity contribution is -0.109. The Balaban J connectivity index is 1.70. The van der Waals surface area contributed by atoms with Crippen LogP contribution < -0.4 is 5.73 Å². The summed E-state index contributed by atoms with van der Waals surface area (Å²) in [5.41, 5.74) is 5.81. The molecule has 0 amide bonds. The molecule has 0 aromatic rings. The summed E-state index contributed by atoms with van der Waals surface area (Å²) in [6.07, 6.45) is 8.49. The summed E-state index contributed by atoms with van der Waals surface area (Å²) in [6, 6.07) is 1.22. The maximum atomic E-state index is 6.06. The van der Waals surface area contributed by atoms with Crippen molar-refractivity contribution in [1.82, 2.24) is 4.90 Å². The molecule has 0 bridgehead atoms. The Hall–Kier alpha value is -0.230. The average Bonchev–Trinajstić information content (AvgIpc) is 3.08.